The van der Waals surface area contributed by atoms with E-state index in [1.165, 1.54) is 0 Å². The van der Waals surface area contributed by atoms with Crippen molar-refractivity contribution in [3.63, 3.8) is 0 Å². The molecular formula is C11H14ClFO. The Kier molecular flexibility index (Phi) is 3.38. The lowest BCUT2D eigenvalue weighted by atomic mass is 10.2. The zero-order valence-corrected chi connectivity index (χ0v) is 9.31. The van der Waals surface area contributed by atoms with Crippen molar-refractivity contribution in [2.75, 3.05) is 0 Å². The van der Waals surface area contributed by atoms with Crippen molar-refractivity contribution in [2.24, 2.45) is 0 Å². The molecule has 0 aromatic heterocycles. The third-order valence-electron chi connectivity index (χ3n) is 1.53. The van der Waals surface area contributed by atoms with E-state index in [4.69, 9.17) is 16.3 Å². The van der Waals surface area contributed by atoms with Crippen LogP contribution < -0.4 is 4.74 Å². The molecule has 3 heteroatoms. The molecule has 0 fully saturated rings. The molecule has 1 rings (SSSR count). The van der Waals surface area contributed by atoms with Crippen LogP contribution in [0.2, 0.25) is 0 Å². The van der Waals surface area contributed by atoms with Gasteiger partial charge >= 0.3 is 0 Å². The monoisotopic (exact) mass is 216 g/mol. The van der Waals surface area contributed by atoms with Gasteiger partial charge in [-0.3, -0.25) is 0 Å². The summed E-state index contributed by atoms with van der Waals surface area (Å²) in [6, 6.07) is 6.76. The van der Waals surface area contributed by atoms with E-state index in [1.54, 1.807) is 24.3 Å². The molecule has 0 aliphatic carbocycles. The molecule has 0 radical (unpaired) electrons. The normalized spacial score (nSPS) is 13.8. The van der Waals surface area contributed by atoms with Gasteiger partial charge in [0, 0.05) is 5.56 Å². The number of hydrogen-bond donors (Lipinski definition) is 0. The second-order valence-corrected chi connectivity index (χ2v) is 4.47. The molecule has 0 aliphatic rings. The Balaban J connectivity index is 2.84. The first-order valence-corrected chi connectivity index (χ1v) is 4.89. The van der Waals surface area contributed by atoms with E-state index in [9.17, 15) is 4.39 Å². The lowest BCUT2D eigenvalue weighted by Gasteiger charge is -2.21. The Labute approximate surface area is 88.8 Å². The van der Waals surface area contributed by atoms with Gasteiger partial charge in [-0.1, -0.05) is 23.7 Å². The van der Waals surface area contributed by atoms with Crippen molar-refractivity contribution in [1.29, 1.82) is 0 Å². The Morgan fingerprint density at radius 2 is 2.00 bits per heavy atom. The second-order valence-electron chi connectivity index (χ2n) is 4.09. The molecule has 1 nitrogen and oxygen atoms in total. The first kappa shape index (κ1) is 11.3. The quantitative estimate of drug-likeness (QED) is 0.678. The molecule has 1 aromatic rings. The molecule has 0 spiro atoms. The summed E-state index contributed by atoms with van der Waals surface area (Å²) in [4.78, 5) is 0. The zero-order valence-electron chi connectivity index (χ0n) is 8.55. The second kappa shape index (κ2) is 4.18. The number of halogens is 2. The van der Waals surface area contributed by atoms with Crippen molar-refractivity contribution in [3.8, 4) is 5.75 Å². The smallest absolute Gasteiger partial charge is 0.198 e. The van der Waals surface area contributed by atoms with Gasteiger partial charge < -0.3 is 4.74 Å². The van der Waals surface area contributed by atoms with Gasteiger partial charge in [-0.2, -0.15) is 0 Å². The first-order chi connectivity index (χ1) is 6.38. The molecule has 0 amide bonds. The molecule has 0 bridgehead atoms. The molecule has 1 aromatic carbocycles. The predicted molar refractivity (Wildman–Crippen MR) is 56.5 cm³/mol. The van der Waals surface area contributed by atoms with Gasteiger partial charge in [0.2, 0.25) is 0 Å². The molecule has 1 unspecified atom stereocenters. The molecule has 0 N–H and O–H groups in total. The summed E-state index contributed by atoms with van der Waals surface area (Å²) in [6.45, 7) is 5.81. The van der Waals surface area contributed by atoms with Crippen LogP contribution in [0.1, 0.15) is 32.0 Å². The highest BCUT2D eigenvalue weighted by molar-refractivity contribution is 6.19. The molecule has 0 saturated carbocycles. The number of ether oxygens (including phenoxy) is 1. The highest BCUT2D eigenvalue weighted by atomic mass is 35.5. The van der Waals surface area contributed by atoms with Crippen LogP contribution in [-0.2, 0) is 0 Å². The van der Waals surface area contributed by atoms with Crippen molar-refractivity contribution in [2.45, 2.75) is 32.0 Å². The van der Waals surface area contributed by atoms with Crippen molar-refractivity contribution >= 4 is 11.6 Å². The third-order valence-corrected chi connectivity index (χ3v) is 1.79. The number of rotatable bonds is 2. The standard InChI is InChI=1S/C11H14ClFO/c1-11(2,3)14-9-6-4-5-8(7-9)10(12)13/h4-7,10H,1-3H3. The van der Waals surface area contributed by atoms with Crippen LogP contribution in [0.5, 0.6) is 5.75 Å². The molecule has 0 saturated heterocycles. The Bertz CT molecular complexity index is 304. The first-order valence-electron chi connectivity index (χ1n) is 4.45. The average Bonchev–Trinajstić information content (AvgIpc) is 2.01. The molecule has 1 atom stereocenters. The topological polar surface area (TPSA) is 9.23 Å². The van der Waals surface area contributed by atoms with E-state index in [1.807, 2.05) is 20.8 Å². The lowest BCUT2D eigenvalue weighted by molar-refractivity contribution is 0.130. The van der Waals surface area contributed by atoms with Gasteiger partial charge in [0.25, 0.3) is 0 Å². The summed E-state index contributed by atoms with van der Waals surface area (Å²) >= 11 is 5.32. The van der Waals surface area contributed by atoms with E-state index in [-0.39, 0.29) is 5.60 Å². The van der Waals surface area contributed by atoms with Gasteiger partial charge in [-0.05, 0) is 32.9 Å². The summed E-state index contributed by atoms with van der Waals surface area (Å²) < 4.78 is 18.3. The van der Waals surface area contributed by atoms with Gasteiger partial charge in [0.1, 0.15) is 11.4 Å². The zero-order chi connectivity index (χ0) is 10.8. The van der Waals surface area contributed by atoms with Crippen molar-refractivity contribution in [1.82, 2.24) is 0 Å². The van der Waals surface area contributed by atoms with Gasteiger partial charge in [-0.25, -0.2) is 4.39 Å². The molecule has 0 aliphatic heterocycles. The average molecular weight is 217 g/mol. The summed E-state index contributed by atoms with van der Waals surface area (Å²) in [6.07, 6.45) is 0. The number of hydrogen-bond acceptors (Lipinski definition) is 1. The maximum Gasteiger partial charge on any atom is 0.198 e. The minimum Gasteiger partial charge on any atom is -0.488 e. The van der Waals surface area contributed by atoms with Gasteiger partial charge in [0.15, 0.2) is 5.63 Å². The Morgan fingerprint density at radius 3 is 2.50 bits per heavy atom. The largest absolute Gasteiger partial charge is 0.488 e. The van der Waals surface area contributed by atoms with Crippen LogP contribution in [0, 0.1) is 0 Å². The molecule has 78 valence electrons. The van der Waals surface area contributed by atoms with Crippen LogP contribution in [0.15, 0.2) is 24.3 Å². The minimum absolute atomic E-state index is 0.281. The SMILES string of the molecule is CC(C)(C)Oc1cccc(C(F)Cl)c1. The van der Waals surface area contributed by atoms with E-state index >= 15 is 0 Å². The minimum atomic E-state index is -1.47. The van der Waals surface area contributed by atoms with Gasteiger partial charge in [-0.15, -0.1) is 0 Å². The maximum atomic E-state index is 12.8. The Morgan fingerprint density at radius 1 is 1.36 bits per heavy atom. The van der Waals surface area contributed by atoms with Crippen LogP contribution in [0.4, 0.5) is 4.39 Å². The van der Waals surface area contributed by atoms with Crippen LogP contribution in [0.3, 0.4) is 0 Å². The predicted octanol–water partition coefficient (Wildman–Crippen LogP) is 4.07. The summed E-state index contributed by atoms with van der Waals surface area (Å²) in [7, 11) is 0. The lowest BCUT2D eigenvalue weighted by Crippen LogP contribution is -2.22. The highest BCUT2D eigenvalue weighted by Gasteiger charge is 2.13. The van der Waals surface area contributed by atoms with Crippen LogP contribution >= 0.6 is 11.6 Å². The molecular weight excluding hydrogens is 203 g/mol. The van der Waals surface area contributed by atoms with E-state index in [2.05, 4.69) is 0 Å². The van der Waals surface area contributed by atoms with E-state index < -0.39 is 5.63 Å². The van der Waals surface area contributed by atoms with E-state index in [0.29, 0.717) is 11.3 Å². The van der Waals surface area contributed by atoms with Crippen molar-refractivity contribution in [3.05, 3.63) is 29.8 Å². The summed E-state index contributed by atoms with van der Waals surface area (Å²) in [5, 5.41) is 0. The van der Waals surface area contributed by atoms with E-state index in [0.717, 1.165) is 0 Å². The third kappa shape index (κ3) is 3.54. The fraction of sp³-hybridized carbons (Fsp3) is 0.455. The highest BCUT2D eigenvalue weighted by Crippen LogP contribution is 2.26. The number of alkyl halides is 2. The molecule has 0 heterocycles. The maximum absolute atomic E-state index is 12.8. The number of benzene rings is 1. The fourth-order valence-electron chi connectivity index (χ4n) is 1.07. The fourth-order valence-corrected chi connectivity index (χ4v) is 1.20. The van der Waals surface area contributed by atoms with Gasteiger partial charge in [0.05, 0.1) is 0 Å². The van der Waals surface area contributed by atoms with Crippen LogP contribution in [0.25, 0.3) is 0 Å². The van der Waals surface area contributed by atoms with Crippen molar-refractivity contribution < 1.29 is 9.13 Å². The molecule has 14 heavy (non-hydrogen) atoms. The van der Waals surface area contributed by atoms with Crippen LogP contribution in [-0.4, -0.2) is 5.60 Å². The summed E-state index contributed by atoms with van der Waals surface area (Å²) in [5.41, 5.74) is -1.33. The Hall–Kier alpha value is -0.760. The summed E-state index contributed by atoms with van der Waals surface area (Å²) in [5.74, 6) is 0.637.